The van der Waals surface area contributed by atoms with E-state index in [1.54, 1.807) is 6.20 Å². The molecule has 0 aliphatic heterocycles. The first-order chi connectivity index (χ1) is 8.47. The van der Waals surface area contributed by atoms with Crippen molar-refractivity contribution >= 4 is 16.7 Å². The summed E-state index contributed by atoms with van der Waals surface area (Å²) in [7, 11) is 0. The number of carbonyl (C=O) groups is 1. The zero-order valence-electron chi connectivity index (χ0n) is 10.8. The molecular formula is C15H18N2O. The van der Waals surface area contributed by atoms with Gasteiger partial charge in [-0.05, 0) is 32.4 Å². The average molecular weight is 242 g/mol. The van der Waals surface area contributed by atoms with Crippen molar-refractivity contribution in [2.45, 2.75) is 32.2 Å². The largest absolute Gasteiger partial charge is 0.326 e. The van der Waals surface area contributed by atoms with E-state index in [1.807, 2.05) is 44.2 Å². The minimum absolute atomic E-state index is 0.132. The maximum absolute atomic E-state index is 12.2. The minimum Gasteiger partial charge on any atom is -0.326 e. The molecule has 0 fully saturated rings. The fourth-order valence-electron chi connectivity index (χ4n) is 1.92. The molecule has 94 valence electrons. The van der Waals surface area contributed by atoms with Crippen LogP contribution in [0.4, 0.5) is 0 Å². The number of nitrogens with two attached hydrogens (primary N) is 1. The van der Waals surface area contributed by atoms with Crippen LogP contribution in [0, 0.1) is 0 Å². The number of rotatable bonds is 4. The summed E-state index contributed by atoms with van der Waals surface area (Å²) < 4.78 is 0. The number of hydrogen-bond donors (Lipinski definition) is 1. The first-order valence-corrected chi connectivity index (χ1v) is 6.13. The van der Waals surface area contributed by atoms with Crippen molar-refractivity contribution in [2.75, 3.05) is 0 Å². The Bertz CT molecular complexity index is 565. The Labute approximate surface area is 107 Å². The number of Topliss-reactive ketones (excluding diaryl/α,β-unsaturated/α-hetero) is 1. The first kappa shape index (κ1) is 12.7. The van der Waals surface area contributed by atoms with E-state index in [0.717, 1.165) is 16.5 Å². The standard InChI is InChI=1S/C15H18N2O/c1-15(2,16)9-8-14(18)12-5-3-7-13-11(12)6-4-10-17-13/h3-7,10H,8-9,16H2,1-2H3. The molecule has 0 atom stereocenters. The van der Waals surface area contributed by atoms with Crippen molar-refractivity contribution < 1.29 is 4.79 Å². The predicted octanol–water partition coefficient (Wildman–Crippen LogP) is 2.94. The quantitative estimate of drug-likeness (QED) is 0.839. The topological polar surface area (TPSA) is 56.0 Å². The van der Waals surface area contributed by atoms with Gasteiger partial charge in [-0.25, -0.2) is 0 Å². The highest BCUT2D eigenvalue weighted by atomic mass is 16.1. The second-order valence-corrected chi connectivity index (χ2v) is 5.29. The fraction of sp³-hybridized carbons (Fsp3) is 0.333. The summed E-state index contributed by atoms with van der Waals surface area (Å²) in [6.45, 7) is 3.87. The van der Waals surface area contributed by atoms with Crippen LogP contribution in [0.1, 0.15) is 37.0 Å². The molecule has 0 unspecified atom stereocenters. The van der Waals surface area contributed by atoms with Crippen molar-refractivity contribution in [3.8, 4) is 0 Å². The van der Waals surface area contributed by atoms with Gasteiger partial charge in [-0.15, -0.1) is 0 Å². The van der Waals surface area contributed by atoms with Crippen LogP contribution < -0.4 is 5.73 Å². The molecule has 1 aromatic carbocycles. The number of pyridine rings is 1. The number of carbonyl (C=O) groups excluding carboxylic acids is 1. The molecule has 1 heterocycles. The van der Waals surface area contributed by atoms with E-state index in [0.29, 0.717) is 12.8 Å². The molecule has 0 aliphatic carbocycles. The molecule has 3 nitrogen and oxygen atoms in total. The summed E-state index contributed by atoms with van der Waals surface area (Å²) in [6, 6.07) is 9.43. The molecule has 0 aliphatic rings. The van der Waals surface area contributed by atoms with Gasteiger partial charge in [-0.2, -0.15) is 0 Å². The Kier molecular flexibility index (Phi) is 3.43. The van der Waals surface area contributed by atoms with E-state index in [4.69, 9.17) is 5.73 Å². The van der Waals surface area contributed by atoms with E-state index in [2.05, 4.69) is 4.98 Å². The Morgan fingerprint density at radius 2 is 2.06 bits per heavy atom. The third kappa shape index (κ3) is 2.93. The maximum Gasteiger partial charge on any atom is 0.163 e. The highest BCUT2D eigenvalue weighted by Crippen LogP contribution is 2.19. The van der Waals surface area contributed by atoms with Crippen molar-refractivity contribution in [1.29, 1.82) is 0 Å². The van der Waals surface area contributed by atoms with Crippen LogP contribution in [-0.2, 0) is 0 Å². The van der Waals surface area contributed by atoms with Gasteiger partial charge in [0, 0.05) is 29.1 Å². The highest BCUT2D eigenvalue weighted by Gasteiger charge is 2.15. The summed E-state index contributed by atoms with van der Waals surface area (Å²) in [5, 5.41) is 0.917. The number of benzene rings is 1. The Morgan fingerprint density at radius 3 is 2.78 bits per heavy atom. The van der Waals surface area contributed by atoms with E-state index in [9.17, 15) is 4.79 Å². The van der Waals surface area contributed by atoms with Gasteiger partial charge in [0.25, 0.3) is 0 Å². The van der Waals surface area contributed by atoms with Gasteiger partial charge in [-0.1, -0.05) is 18.2 Å². The van der Waals surface area contributed by atoms with E-state index >= 15 is 0 Å². The van der Waals surface area contributed by atoms with Crippen LogP contribution >= 0.6 is 0 Å². The Hall–Kier alpha value is -1.74. The van der Waals surface area contributed by atoms with Gasteiger partial charge in [0.2, 0.25) is 0 Å². The Morgan fingerprint density at radius 1 is 1.28 bits per heavy atom. The molecule has 0 spiro atoms. The molecule has 2 N–H and O–H groups in total. The predicted molar refractivity (Wildman–Crippen MR) is 73.6 cm³/mol. The van der Waals surface area contributed by atoms with Gasteiger partial charge in [0.1, 0.15) is 0 Å². The smallest absolute Gasteiger partial charge is 0.163 e. The number of hydrogen-bond acceptors (Lipinski definition) is 3. The molecule has 18 heavy (non-hydrogen) atoms. The van der Waals surface area contributed by atoms with Gasteiger partial charge in [-0.3, -0.25) is 9.78 Å². The lowest BCUT2D eigenvalue weighted by molar-refractivity contribution is 0.0974. The van der Waals surface area contributed by atoms with Gasteiger partial charge >= 0.3 is 0 Å². The SMILES string of the molecule is CC(C)(N)CCC(=O)c1cccc2ncccc12. The average Bonchev–Trinajstić information content (AvgIpc) is 2.34. The molecule has 0 amide bonds. The normalized spacial score (nSPS) is 11.7. The number of ketones is 1. The second kappa shape index (κ2) is 4.86. The van der Waals surface area contributed by atoms with Crippen molar-refractivity contribution in [1.82, 2.24) is 4.98 Å². The maximum atomic E-state index is 12.2. The molecule has 0 saturated heterocycles. The number of nitrogens with zero attached hydrogens (tertiary/aromatic N) is 1. The first-order valence-electron chi connectivity index (χ1n) is 6.13. The third-order valence-electron chi connectivity index (χ3n) is 2.94. The molecular weight excluding hydrogens is 224 g/mol. The number of fused-ring (bicyclic) bond motifs is 1. The van der Waals surface area contributed by atoms with Gasteiger partial charge in [0.05, 0.1) is 5.52 Å². The minimum atomic E-state index is -0.307. The summed E-state index contributed by atoms with van der Waals surface area (Å²) >= 11 is 0. The highest BCUT2D eigenvalue weighted by molar-refractivity contribution is 6.07. The van der Waals surface area contributed by atoms with Gasteiger partial charge in [0.15, 0.2) is 5.78 Å². The van der Waals surface area contributed by atoms with Crippen molar-refractivity contribution in [2.24, 2.45) is 5.73 Å². The van der Waals surface area contributed by atoms with Crippen LogP contribution in [0.2, 0.25) is 0 Å². The summed E-state index contributed by atoms with van der Waals surface area (Å²) in [6.07, 6.45) is 2.89. The molecule has 2 rings (SSSR count). The molecule has 0 bridgehead atoms. The van der Waals surface area contributed by atoms with Crippen molar-refractivity contribution in [3.63, 3.8) is 0 Å². The molecule has 3 heteroatoms. The molecule has 2 aromatic rings. The van der Waals surface area contributed by atoms with Crippen LogP contribution in [0.5, 0.6) is 0 Å². The van der Waals surface area contributed by atoms with E-state index in [1.165, 1.54) is 0 Å². The molecule has 0 radical (unpaired) electrons. The van der Waals surface area contributed by atoms with Crippen LogP contribution in [0.25, 0.3) is 10.9 Å². The van der Waals surface area contributed by atoms with Gasteiger partial charge < -0.3 is 5.73 Å². The summed E-state index contributed by atoms with van der Waals surface area (Å²) in [4.78, 5) is 16.5. The summed E-state index contributed by atoms with van der Waals surface area (Å²) in [5.74, 6) is 0.132. The van der Waals surface area contributed by atoms with Crippen LogP contribution in [-0.4, -0.2) is 16.3 Å². The van der Waals surface area contributed by atoms with E-state index < -0.39 is 0 Å². The lowest BCUT2D eigenvalue weighted by Crippen LogP contribution is -2.32. The molecule has 0 saturated carbocycles. The third-order valence-corrected chi connectivity index (χ3v) is 2.94. The Balaban J connectivity index is 2.28. The monoisotopic (exact) mass is 242 g/mol. The zero-order valence-corrected chi connectivity index (χ0v) is 10.8. The van der Waals surface area contributed by atoms with Crippen LogP contribution in [0.3, 0.4) is 0 Å². The molecule has 1 aromatic heterocycles. The van der Waals surface area contributed by atoms with Crippen molar-refractivity contribution in [3.05, 3.63) is 42.1 Å². The van der Waals surface area contributed by atoms with E-state index in [-0.39, 0.29) is 11.3 Å². The summed E-state index contributed by atoms with van der Waals surface area (Å²) in [5.41, 5.74) is 7.20. The fourth-order valence-corrected chi connectivity index (χ4v) is 1.92. The number of aromatic nitrogens is 1. The zero-order chi connectivity index (χ0) is 13.2. The second-order valence-electron chi connectivity index (χ2n) is 5.29. The lowest BCUT2D eigenvalue weighted by atomic mass is 9.94. The van der Waals surface area contributed by atoms with Crippen LogP contribution in [0.15, 0.2) is 36.5 Å². The lowest BCUT2D eigenvalue weighted by Gasteiger charge is -2.17.